The SMILES string of the molecule is CC(OC(=O)c1csc(-c2ccccc2)n1)C(=O)Nc1ccc(Cl)cc1C(F)(F)F. The molecule has 3 aromatic rings. The third kappa shape index (κ3) is 5.17. The molecule has 0 radical (unpaired) electrons. The van der Waals surface area contributed by atoms with E-state index in [0.29, 0.717) is 11.1 Å². The lowest BCUT2D eigenvalue weighted by molar-refractivity contribution is -0.137. The Morgan fingerprint density at radius 3 is 2.53 bits per heavy atom. The number of ether oxygens (including phenoxy) is 1. The summed E-state index contributed by atoms with van der Waals surface area (Å²) in [5, 5.41) is 4.07. The number of anilines is 1. The molecule has 0 aliphatic rings. The summed E-state index contributed by atoms with van der Waals surface area (Å²) in [6, 6.07) is 12.1. The van der Waals surface area contributed by atoms with E-state index in [4.69, 9.17) is 16.3 Å². The zero-order valence-electron chi connectivity index (χ0n) is 15.4. The van der Waals surface area contributed by atoms with Crippen LogP contribution in [0.5, 0.6) is 0 Å². The third-order valence-corrected chi connectivity index (χ3v) is 5.06. The van der Waals surface area contributed by atoms with Gasteiger partial charge < -0.3 is 10.1 Å². The van der Waals surface area contributed by atoms with Crippen molar-refractivity contribution in [2.45, 2.75) is 19.2 Å². The lowest BCUT2D eigenvalue weighted by Gasteiger charge is -2.17. The van der Waals surface area contributed by atoms with E-state index in [9.17, 15) is 22.8 Å². The van der Waals surface area contributed by atoms with E-state index in [-0.39, 0.29) is 10.7 Å². The number of nitrogens with zero attached hydrogens (tertiary/aromatic N) is 1. The second-order valence-electron chi connectivity index (χ2n) is 6.13. The molecule has 0 bridgehead atoms. The number of aromatic nitrogens is 1. The molecule has 1 unspecified atom stereocenters. The van der Waals surface area contributed by atoms with Gasteiger partial charge in [-0.15, -0.1) is 11.3 Å². The van der Waals surface area contributed by atoms with Crippen molar-refractivity contribution in [2.24, 2.45) is 0 Å². The third-order valence-electron chi connectivity index (χ3n) is 3.93. The fourth-order valence-corrected chi connectivity index (χ4v) is 3.42. The molecule has 1 aromatic heterocycles. The minimum atomic E-state index is -4.72. The monoisotopic (exact) mass is 454 g/mol. The van der Waals surface area contributed by atoms with E-state index >= 15 is 0 Å². The minimum Gasteiger partial charge on any atom is -0.448 e. The molecule has 0 saturated carbocycles. The first-order valence-electron chi connectivity index (χ1n) is 8.54. The van der Waals surface area contributed by atoms with E-state index in [0.717, 1.165) is 11.6 Å². The number of esters is 1. The first-order chi connectivity index (χ1) is 14.1. The number of hydrogen-bond donors (Lipinski definition) is 1. The number of thiazole rings is 1. The molecule has 3 rings (SSSR count). The summed E-state index contributed by atoms with van der Waals surface area (Å²) < 4.78 is 44.5. The predicted molar refractivity (Wildman–Crippen MR) is 108 cm³/mol. The second kappa shape index (κ2) is 8.85. The Morgan fingerprint density at radius 2 is 1.87 bits per heavy atom. The first kappa shape index (κ1) is 21.8. The molecule has 0 aliphatic carbocycles. The van der Waals surface area contributed by atoms with Gasteiger partial charge in [-0.2, -0.15) is 13.2 Å². The van der Waals surface area contributed by atoms with Crippen molar-refractivity contribution in [3.8, 4) is 10.6 Å². The van der Waals surface area contributed by atoms with Crippen molar-refractivity contribution in [3.05, 3.63) is 70.2 Å². The van der Waals surface area contributed by atoms with Gasteiger partial charge >= 0.3 is 12.1 Å². The Balaban J connectivity index is 1.68. The molecule has 0 aliphatic heterocycles. The maximum absolute atomic E-state index is 13.2. The minimum absolute atomic E-state index is 0.000904. The zero-order valence-corrected chi connectivity index (χ0v) is 16.9. The number of carbonyl (C=O) groups excluding carboxylic acids is 2. The maximum Gasteiger partial charge on any atom is 0.418 e. The van der Waals surface area contributed by atoms with Gasteiger partial charge in [-0.3, -0.25) is 4.79 Å². The van der Waals surface area contributed by atoms with Crippen LogP contribution in [0.3, 0.4) is 0 Å². The second-order valence-corrected chi connectivity index (χ2v) is 7.42. The molecule has 0 fully saturated rings. The molecule has 1 N–H and O–H groups in total. The molecule has 1 atom stereocenters. The van der Waals surface area contributed by atoms with Gasteiger partial charge in [0.15, 0.2) is 11.8 Å². The Labute approximate surface area is 178 Å². The molecule has 156 valence electrons. The highest BCUT2D eigenvalue weighted by Crippen LogP contribution is 2.36. The fraction of sp³-hybridized carbons (Fsp3) is 0.150. The standard InChI is InChI=1S/C20H14ClF3N2O3S/c1-11(17(27)25-15-8-7-13(21)9-14(15)20(22,23)24)29-19(28)16-10-30-18(26-16)12-5-3-2-4-6-12/h2-11H,1H3,(H,25,27). The van der Waals surface area contributed by atoms with Crippen LogP contribution in [0, 0.1) is 0 Å². The van der Waals surface area contributed by atoms with Gasteiger partial charge in [0.1, 0.15) is 5.01 Å². The van der Waals surface area contributed by atoms with Crippen molar-refractivity contribution >= 4 is 40.5 Å². The number of alkyl halides is 3. The van der Waals surface area contributed by atoms with E-state index in [1.807, 2.05) is 30.3 Å². The van der Waals surface area contributed by atoms with Crippen molar-refractivity contribution in [2.75, 3.05) is 5.32 Å². The average molecular weight is 455 g/mol. The molecule has 30 heavy (non-hydrogen) atoms. The molecule has 0 saturated heterocycles. The first-order valence-corrected chi connectivity index (χ1v) is 9.80. The van der Waals surface area contributed by atoms with Crippen LogP contribution in [0.4, 0.5) is 18.9 Å². The van der Waals surface area contributed by atoms with Gasteiger partial charge in [-0.05, 0) is 25.1 Å². The number of hydrogen-bond acceptors (Lipinski definition) is 5. The molecule has 1 heterocycles. The summed E-state index contributed by atoms with van der Waals surface area (Å²) in [6.45, 7) is 1.25. The van der Waals surface area contributed by atoms with Gasteiger partial charge in [-0.1, -0.05) is 41.9 Å². The van der Waals surface area contributed by atoms with Crippen LogP contribution in [0.1, 0.15) is 23.0 Å². The summed E-state index contributed by atoms with van der Waals surface area (Å²) in [5.74, 6) is -1.78. The predicted octanol–water partition coefficient (Wildman–Crippen LogP) is 5.67. The summed E-state index contributed by atoms with van der Waals surface area (Å²) in [4.78, 5) is 28.7. The lowest BCUT2D eigenvalue weighted by Crippen LogP contribution is -2.30. The maximum atomic E-state index is 13.2. The van der Waals surface area contributed by atoms with Gasteiger partial charge in [0.25, 0.3) is 5.91 Å². The topological polar surface area (TPSA) is 68.3 Å². The molecule has 1 amide bonds. The Hall–Kier alpha value is -2.91. The van der Waals surface area contributed by atoms with Crippen molar-refractivity contribution in [3.63, 3.8) is 0 Å². The highest BCUT2D eigenvalue weighted by atomic mass is 35.5. The molecular formula is C20H14ClF3N2O3S. The summed E-state index contributed by atoms with van der Waals surface area (Å²) in [6.07, 6.45) is -6.07. The van der Waals surface area contributed by atoms with E-state index in [1.54, 1.807) is 0 Å². The van der Waals surface area contributed by atoms with Crippen molar-refractivity contribution in [1.29, 1.82) is 0 Å². The number of carbonyl (C=O) groups is 2. The Morgan fingerprint density at radius 1 is 1.17 bits per heavy atom. The average Bonchev–Trinajstić information content (AvgIpc) is 3.19. The zero-order chi connectivity index (χ0) is 21.9. The van der Waals surface area contributed by atoms with Crippen LogP contribution in [0.15, 0.2) is 53.9 Å². The summed E-state index contributed by atoms with van der Waals surface area (Å²) in [5.41, 5.74) is -0.774. The molecule has 10 heteroatoms. The van der Waals surface area contributed by atoms with E-state index in [1.165, 1.54) is 29.7 Å². The molecular weight excluding hydrogens is 441 g/mol. The Kier molecular flexibility index (Phi) is 6.42. The van der Waals surface area contributed by atoms with Gasteiger partial charge in [0.2, 0.25) is 0 Å². The number of rotatable bonds is 5. The fourth-order valence-electron chi connectivity index (χ4n) is 2.45. The van der Waals surface area contributed by atoms with Crippen LogP contribution in [-0.4, -0.2) is 23.0 Å². The quantitative estimate of drug-likeness (QED) is 0.504. The van der Waals surface area contributed by atoms with Gasteiger partial charge in [0.05, 0.1) is 11.3 Å². The highest BCUT2D eigenvalue weighted by Gasteiger charge is 2.34. The van der Waals surface area contributed by atoms with Crippen LogP contribution >= 0.6 is 22.9 Å². The Bertz CT molecular complexity index is 1070. The van der Waals surface area contributed by atoms with Gasteiger partial charge in [-0.25, -0.2) is 9.78 Å². The number of amides is 1. The van der Waals surface area contributed by atoms with Crippen LogP contribution < -0.4 is 5.32 Å². The summed E-state index contributed by atoms with van der Waals surface area (Å²) >= 11 is 6.84. The van der Waals surface area contributed by atoms with Crippen LogP contribution in [0.2, 0.25) is 5.02 Å². The molecule has 5 nitrogen and oxygen atoms in total. The van der Waals surface area contributed by atoms with Crippen molar-refractivity contribution in [1.82, 2.24) is 4.98 Å². The normalized spacial score (nSPS) is 12.3. The number of halogens is 4. The van der Waals surface area contributed by atoms with E-state index < -0.39 is 35.4 Å². The molecule has 0 spiro atoms. The lowest BCUT2D eigenvalue weighted by atomic mass is 10.1. The van der Waals surface area contributed by atoms with Crippen molar-refractivity contribution < 1.29 is 27.5 Å². The van der Waals surface area contributed by atoms with E-state index in [2.05, 4.69) is 10.3 Å². The van der Waals surface area contributed by atoms with Crippen LogP contribution in [-0.2, 0) is 15.7 Å². The highest BCUT2D eigenvalue weighted by molar-refractivity contribution is 7.13. The largest absolute Gasteiger partial charge is 0.448 e. The van der Waals surface area contributed by atoms with Gasteiger partial charge in [0, 0.05) is 16.0 Å². The molecule has 2 aromatic carbocycles. The van der Waals surface area contributed by atoms with Crippen LogP contribution in [0.25, 0.3) is 10.6 Å². The number of nitrogens with one attached hydrogen (secondary N) is 1. The smallest absolute Gasteiger partial charge is 0.418 e. The number of benzene rings is 2. The summed E-state index contributed by atoms with van der Waals surface area (Å²) in [7, 11) is 0.